The van der Waals surface area contributed by atoms with E-state index in [2.05, 4.69) is 29.5 Å². The first-order valence-electron chi connectivity index (χ1n) is 19.5. The van der Waals surface area contributed by atoms with Crippen LogP contribution in [0.4, 0.5) is 0 Å². The van der Waals surface area contributed by atoms with Crippen molar-refractivity contribution in [3.05, 3.63) is 0 Å². The molecular weight excluding hydrogens is 779 g/mol. The van der Waals surface area contributed by atoms with Crippen LogP contribution in [0.3, 0.4) is 0 Å². The molecule has 0 aliphatic rings. The zero-order valence-electron chi connectivity index (χ0n) is 32.1. The van der Waals surface area contributed by atoms with Crippen molar-refractivity contribution in [3.63, 3.8) is 0 Å². The summed E-state index contributed by atoms with van der Waals surface area (Å²) in [5.74, 6) is 0. The maximum absolute atomic E-state index is 5.57. The van der Waals surface area contributed by atoms with E-state index in [1.165, 1.54) is 49.4 Å². The Morgan fingerprint density at radius 2 is 0.392 bits per heavy atom. The SMILES string of the molecule is CCCCCCCOCCOCCOCCOCCOCCOCCOCCOCCOCCOCCOCCOCCOCCCCCCI. The average Bonchev–Trinajstić information content (AvgIpc) is 3.14. The van der Waals surface area contributed by atoms with Crippen molar-refractivity contribution in [1.82, 2.24) is 0 Å². The predicted molar refractivity (Wildman–Crippen MR) is 207 cm³/mol. The third-order valence-corrected chi connectivity index (χ3v) is 7.79. The molecule has 0 N–H and O–H groups in total. The Morgan fingerprint density at radius 1 is 0.216 bits per heavy atom. The van der Waals surface area contributed by atoms with Crippen molar-refractivity contribution in [3.8, 4) is 0 Å². The highest BCUT2D eigenvalue weighted by Gasteiger charge is 1.98. The molecule has 13 nitrogen and oxygen atoms in total. The van der Waals surface area contributed by atoms with E-state index in [0.29, 0.717) is 159 Å². The molecule has 0 atom stereocenters. The van der Waals surface area contributed by atoms with Gasteiger partial charge in [-0.3, -0.25) is 0 Å². The predicted octanol–water partition coefficient (Wildman–Crippen LogP) is 5.17. The minimum absolute atomic E-state index is 0.517. The molecule has 0 amide bonds. The third kappa shape index (κ3) is 50.2. The molecule has 51 heavy (non-hydrogen) atoms. The number of unbranched alkanes of at least 4 members (excludes halogenated alkanes) is 7. The standard InChI is InChI=1S/C37H75IO13/c1-2-3-4-6-9-12-39-14-16-41-18-20-43-22-24-45-26-28-47-30-32-49-34-36-51-37-35-50-33-31-48-29-27-46-25-23-44-21-19-42-17-15-40-13-10-7-5-8-11-38/h2-37H2,1H3. The van der Waals surface area contributed by atoms with Crippen molar-refractivity contribution in [2.45, 2.75) is 64.7 Å². The van der Waals surface area contributed by atoms with Crippen LogP contribution in [-0.2, 0) is 61.6 Å². The molecule has 0 saturated heterocycles. The van der Waals surface area contributed by atoms with Gasteiger partial charge in [0.05, 0.1) is 159 Å². The van der Waals surface area contributed by atoms with Crippen LogP contribution in [0.25, 0.3) is 0 Å². The Kier molecular flexibility index (Phi) is 50.4. The van der Waals surface area contributed by atoms with Gasteiger partial charge in [0, 0.05) is 13.2 Å². The molecule has 0 bridgehead atoms. The van der Waals surface area contributed by atoms with Gasteiger partial charge in [0.25, 0.3) is 0 Å². The van der Waals surface area contributed by atoms with Gasteiger partial charge in [-0.15, -0.1) is 0 Å². The number of hydrogen-bond donors (Lipinski definition) is 0. The molecule has 0 aromatic carbocycles. The van der Waals surface area contributed by atoms with Crippen LogP contribution in [0.2, 0.25) is 0 Å². The molecule has 0 rings (SSSR count). The van der Waals surface area contributed by atoms with Gasteiger partial charge in [-0.2, -0.15) is 0 Å². The summed E-state index contributed by atoms with van der Waals surface area (Å²) in [6.45, 7) is 17.0. The summed E-state index contributed by atoms with van der Waals surface area (Å²) < 4.78 is 72.9. The fourth-order valence-corrected chi connectivity index (χ4v) is 4.74. The molecule has 0 aliphatic heterocycles. The second kappa shape index (κ2) is 50.2. The van der Waals surface area contributed by atoms with Crippen molar-refractivity contribution in [1.29, 1.82) is 0 Å². The number of halogens is 1. The summed E-state index contributed by atoms with van der Waals surface area (Å²) in [6.07, 6.45) is 11.3. The lowest BCUT2D eigenvalue weighted by Crippen LogP contribution is -2.15. The summed E-state index contributed by atoms with van der Waals surface area (Å²) in [7, 11) is 0. The average molecular weight is 855 g/mol. The summed E-state index contributed by atoms with van der Waals surface area (Å²) >= 11 is 2.42. The van der Waals surface area contributed by atoms with Crippen LogP contribution in [0.5, 0.6) is 0 Å². The van der Waals surface area contributed by atoms with Gasteiger partial charge >= 0.3 is 0 Å². The van der Waals surface area contributed by atoms with Crippen molar-refractivity contribution in [2.75, 3.05) is 176 Å². The largest absolute Gasteiger partial charge is 0.379 e. The quantitative estimate of drug-likeness (QED) is 0.0456. The summed E-state index contributed by atoms with van der Waals surface area (Å²) in [4.78, 5) is 0. The zero-order chi connectivity index (χ0) is 36.6. The minimum atomic E-state index is 0.517. The molecule has 0 heterocycles. The molecule has 14 heteroatoms. The molecule has 0 saturated carbocycles. The maximum atomic E-state index is 5.57. The van der Waals surface area contributed by atoms with Gasteiger partial charge in [-0.1, -0.05) is 68.0 Å². The zero-order valence-corrected chi connectivity index (χ0v) is 34.3. The normalized spacial score (nSPS) is 11.6. The molecule has 0 aromatic heterocycles. The molecule has 0 spiro atoms. The molecular formula is C37H75IO13. The van der Waals surface area contributed by atoms with E-state index in [0.717, 1.165) is 26.1 Å². The van der Waals surface area contributed by atoms with Gasteiger partial charge < -0.3 is 61.6 Å². The Hall–Kier alpha value is 0.210. The highest BCUT2D eigenvalue weighted by molar-refractivity contribution is 14.1. The van der Waals surface area contributed by atoms with E-state index in [1.54, 1.807) is 0 Å². The van der Waals surface area contributed by atoms with E-state index < -0.39 is 0 Å². The molecule has 0 unspecified atom stereocenters. The van der Waals surface area contributed by atoms with Gasteiger partial charge in [0.1, 0.15) is 0 Å². The lowest BCUT2D eigenvalue weighted by molar-refractivity contribution is -0.0290. The van der Waals surface area contributed by atoms with E-state index in [-0.39, 0.29) is 0 Å². The minimum Gasteiger partial charge on any atom is -0.379 e. The summed E-state index contributed by atoms with van der Waals surface area (Å²) in [6, 6.07) is 0. The molecule has 0 aliphatic carbocycles. The van der Waals surface area contributed by atoms with Gasteiger partial charge in [-0.05, 0) is 23.7 Å². The van der Waals surface area contributed by atoms with Gasteiger partial charge in [-0.25, -0.2) is 0 Å². The third-order valence-electron chi connectivity index (χ3n) is 7.03. The summed E-state index contributed by atoms with van der Waals surface area (Å²) in [5, 5.41) is 0. The van der Waals surface area contributed by atoms with Crippen LogP contribution >= 0.6 is 22.6 Å². The Morgan fingerprint density at radius 3 is 0.588 bits per heavy atom. The number of rotatable bonds is 48. The Balaban J connectivity index is 3.04. The molecule has 0 radical (unpaired) electrons. The monoisotopic (exact) mass is 854 g/mol. The van der Waals surface area contributed by atoms with Crippen LogP contribution in [0, 0.1) is 0 Å². The van der Waals surface area contributed by atoms with Crippen LogP contribution in [-0.4, -0.2) is 176 Å². The van der Waals surface area contributed by atoms with E-state index >= 15 is 0 Å². The van der Waals surface area contributed by atoms with Gasteiger partial charge in [0.2, 0.25) is 0 Å². The van der Waals surface area contributed by atoms with E-state index in [4.69, 9.17) is 61.6 Å². The topological polar surface area (TPSA) is 120 Å². The first-order valence-corrected chi connectivity index (χ1v) is 21.0. The summed E-state index contributed by atoms with van der Waals surface area (Å²) in [5.41, 5.74) is 0. The van der Waals surface area contributed by atoms with Gasteiger partial charge in [0.15, 0.2) is 0 Å². The maximum Gasteiger partial charge on any atom is 0.0701 e. The second-order valence-corrected chi connectivity index (χ2v) is 12.6. The number of ether oxygens (including phenoxy) is 13. The first-order chi connectivity index (χ1) is 25.4. The van der Waals surface area contributed by atoms with E-state index in [9.17, 15) is 0 Å². The highest BCUT2D eigenvalue weighted by Crippen LogP contribution is 2.03. The van der Waals surface area contributed by atoms with Crippen molar-refractivity contribution >= 4 is 22.6 Å². The molecule has 0 aromatic rings. The number of alkyl halides is 1. The first kappa shape index (κ1) is 51.2. The molecule has 0 fully saturated rings. The van der Waals surface area contributed by atoms with Crippen LogP contribution < -0.4 is 0 Å². The second-order valence-electron chi connectivity index (χ2n) is 11.5. The Bertz CT molecular complexity index is 551. The molecule has 308 valence electrons. The van der Waals surface area contributed by atoms with E-state index in [1.807, 2.05) is 0 Å². The smallest absolute Gasteiger partial charge is 0.0701 e. The lowest BCUT2D eigenvalue weighted by Gasteiger charge is -2.09. The number of hydrogen-bond acceptors (Lipinski definition) is 13. The fourth-order valence-electron chi connectivity index (χ4n) is 4.20. The Labute approximate surface area is 324 Å². The van der Waals surface area contributed by atoms with Crippen molar-refractivity contribution < 1.29 is 61.6 Å². The van der Waals surface area contributed by atoms with Crippen LogP contribution in [0.1, 0.15) is 64.7 Å². The fraction of sp³-hybridized carbons (Fsp3) is 1.00. The lowest BCUT2D eigenvalue weighted by atomic mass is 10.2. The highest BCUT2D eigenvalue weighted by atomic mass is 127. The van der Waals surface area contributed by atoms with Crippen LogP contribution in [0.15, 0.2) is 0 Å². The van der Waals surface area contributed by atoms with Crippen molar-refractivity contribution in [2.24, 2.45) is 0 Å².